The number of benzene rings is 3. The van der Waals surface area contributed by atoms with Gasteiger partial charge in [-0.25, -0.2) is 0 Å². The lowest BCUT2D eigenvalue weighted by atomic mass is 9.95. The molecule has 7 nitrogen and oxygen atoms in total. The molecule has 1 aromatic heterocycles. The van der Waals surface area contributed by atoms with Gasteiger partial charge in [-0.05, 0) is 47.4 Å². The number of ketones is 1. The van der Waals surface area contributed by atoms with E-state index in [1.165, 1.54) is 34.1 Å². The fourth-order valence-electron chi connectivity index (χ4n) is 4.60. The number of anilines is 1. The molecule has 0 saturated carbocycles. The number of aliphatic hydroxyl groups is 1. The normalized spacial score (nSPS) is 15.1. The highest BCUT2D eigenvalue weighted by Gasteiger charge is 2.45. The summed E-state index contributed by atoms with van der Waals surface area (Å²) >= 11 is 8.96. The van der Waals surface area contributed by atoms with E-state index < -0.39 is 23.5 Å². The average Bonchev–Trinajstić information content (AvgIpc) is 3.60. The van der Waals surface area contributed by atoms with Crippen molar-refractivity contribution in [1.29, 1.82) is 0 Å². The van der Waals surface area contributed by atoms with Crippen LogP contribution in [0.4, 0.5) is 5.13 Å². The molecule has 220 valence electrons. The smallest absolute Gasteiger partial charge is 0.296 e. The van der Waals surface area contributed by atoms with Gasteiger partial charge in [-0.15, -0.1) is 10.2 Å². The Kier molecular flexibility index (Phi) is 10.3. The monoisotopic (exact) mass is 631 g/mol. The number of hydrogen-bond acceptors (Lipinski definition) is 8. The second-order valence-corrected chi connectivity index (χ2v) is 12.4. The number of aliphatic hydroxyl groups excluding tert-OH is 1. The SMILES string of the molecule is CCCCCOc1ccc(C2C(C(=O)C=Cc3ccccc3)=C(O)C(=O)N2c2nnc(SCc3ccccc3Cl)s2)cc1. The topological polar surface area (TPSA) is 92.6 Å². The van der Waals surface area contributed by atoms with Crippen molar-refractivity contribution >= 4 is 57.6 Å². The van der Waals surface area contributed by atoms with E-state index in [2.05, 4.69) is 17.1 Å². The molecule has 1 aliphatic rings. The standard InChI is InChI=1S/C33H30ClN3O4S2/c1-2-3-9-20-41-25-17-15-23(16-18-25)29-28(27(38)19-14-22-10-5-4-6-11-22)30(39)31(40)37(29)32-35-36-33(43-32)42-21-24-12-7-8-13-26(24)34/h4-8,10-19,29,39H,2-3,9,20-21H2,1H3. The fourth-order valence-corrected chi connectivity index (χ4v) is 6.75. The molecule has 0 fully saturated rings. The largest absolute Gasteiger partial charge is 0.503 e. The van der Waals surface area contributed by atoms with E-state index in [9.17, 15) is 14.7 Å². The molecule has 4 aromatic rings. The van der Waals surface area contributed by atoms with Crippen molar-refractivity contribution in [2.24, 2.45) is 0 Å². The quantitative estimate of drug-likeness (QED) is 0.0687. The van der Waals surface area contributed by atoms with E-state index in [0.717, 1.165) is 30.4 Å². The lowest BCUT2D eigenvalue weighted by Crippen LogP contribution is -2.30. The Morgan fingerprint density at radius 1 is 1.05 bits per heavy atom. The predicted octanol–water partition coefficient (Wildman–Crippen LogP) is 8.24. The van der Waals surface area contributed by atoms with Crippen molar-refractivity contribution < 1.29 is 19.4 Å². The van der Waals surface area contributed by atoms with E-state index in [1.807, 2.05) is 66.7 Å². The van der Waals surface area contributed by atoms with Gasteiger partial charge in [0, 0.05) is 10.8 Å². The van der Waals surface area contributed by atoms with Gasteiger partial charge in [0.15, 0.2) is 15.9 Å². The Morgan fingerprint density at radius 3 is 2.53 bits per heavy atom. The van der Waals surface area contributed by atoms with Gasteiger partial charge in [0.1, 0.15) is 5.75 Å². The summed E-state index contributed by atoms with van der Waals surface area (Å²) in [6, 6.07) is 23.3. The third-order valence-electron chi connectivity index (χ3n) is 6.82. The van der Waals surface area contributed by atoms with Crippen molar-refractivity contribution in [2.75, 3.05) is 11.5 Å². The number of ether oxygens (including phenoxy) is 1. The Bertz CT molecular complexity index is 1640. The van der Waals surface area contributed by atoms with Crippen molar-refractivity contribution in [1.82, 2.24) is 10.2 Å². The number of allylic oxidation sites excluding steroid dienone is 1. The van der Waals surface area contributed by atoms with E-state index >= 15 is 0 Å². The van der Waals surface area contributed by atoms with Crippen LogP contribution >= 0.6 is 34.7 Å². The number of hydrogen-bond donors (Lipinski definition) is 1. The van der Waals surface area contributed by atoms with E-state index in [-0.39, 0.29) is 10.7 Å². The van der Waals surface area contributed by atoms with Gasteiger partial charge in [0.25, 0.3) is 5.91 Å². The lowest BCUT2D eigenvalue weighted by molar-refractivity contribution is -0.117. The van der Waals surface area contributed by atoms with Crippen molar-refractivity contribution in [2.45, 2.75) is 42.3 Å². The second-order valence-electron chi connectivity index (χ2n) is 9.80. The molecule has 1 amide bonds. The van der Waals surface area contributed by atoms with Crippen LogP contribution in [0, 0.1) is 0 Å². The zero-order chi connectivity index (χ0) is 30.2. The molecule has 1 N–H and O–H groups in total. The van der Waals surface area contributed by atoms with Gasteiger partial charge >= 0.3 is 0 Å². The molecular formula is C33H30ClN3O4S2. The van der Waals surface area contributed by atoms with Gasteiger partial charge in [-0.3, -0.25) is 14.5 Å². The Labute approximate surface area is 263 Å². The molecule has 0 saturated heterocycles. The van der Waals surface area contributed by atoms with Crippen LogP contribution in [0.25, 0.3) is 6.08 Å². The summed E-state index contributed by atoms with van der Waals surface area (Å²) in [6.07, 6.45) is 6.18. The maximum atomic E-state index is 13.5. The highest BCUT2D eigenvalue weighted by atomic mass is 35.5. The highest BCUT2D eigenvalue weighted by Crippen LogP contribution is 2.43. The second kappa shape index (κ2) is 14.5. The van der Waals surface area contributed by atoms with Crippen molar-refractivity contribution in [3.8, 4) is 5.75 Å². The predicted molar refractivity (Wildman–Crippen MR) is 173 cm³/mol. The molecular weight excluding hydrogens is 602 g/mol. The molecule has 10 heteroatoms. The Morgan fingerprint density at radius 2 is 1.79 bits per heavy atom. The minimum atomic E-state index is -0.899. The van der Waals surface area contributed by atoms with Crippen LogP contribution in [0.3, 0.4) is 0 Å². The van der Waals surface area contributed by atoms with Crippen molar-refractivity contribution in [3.05, 3.63) is 118 Å². The third-order valence-corrected chi connectivity index (χ3v) is 9.30. The van der Waals surface area contributed by atoms with Gasteiger partial charge in [0.2, 0.25) is 5.13 Å². The number of carbonyl (C=O) groups excluding carboxylic acids is 2. The molecule has 0 radical (unpaired) electrons. The van der Waals surface area contributed by atoms with Gasteiger partial charge in [-0.1, -0.05) is 121 Å². The summed E-state index contributed by atoms with van der Waals surface area (Å²) in [5.41, 5.74) is 2.39. The maximum Gasteiger partial charge on any atom is 0.296 e. The zero-order valence-electron chi connectivity index (χ0n) is 23.5. The average molecular weight is 632 g/mol. The third kappa shape index (κ3) is 7.36. The van der Waals surface area contributed by atoms with Crippen LogP contribution in [0.15, 0.2) is 101 Å². The first-order valence-electron chi connectivity index (χ1n) is 13.9. The summed E-state index contributed by atoms with van der Waals surface area (Å²) in [7, 11) is 0. The van der Waals surface area contributed by atoms with Gasteiger partial charge < -0.3 is 9.84 Å². The summed E-state index contributed by atoms with van der Waals surface area (Å²) in [5.74, 6) is -0.522. The number of unbranched alkanes of at least 4 members (excludes halogenated alkanes) is 2. The minimum absolute atomic E-state index is 0.0192. The van der Waals surface area contributed by atoms with Crippen LogP contribution in [0.2, 0.25) is 5.02 Å². The number of halogens is 1. The zero-order valence-corrected chi connectivity index (χ0v) is 25.9. The van der Waals surface area contributed by atoms with Crippen LogP contribution in [0.1, 0.15) is 48.9 Å². The molecule has 1 atom stereocenters. The molecule has 0 spiro atoms. The highest BCUT2D eigenvalue weighted by molar-refractivity contribution is 8.00. The molecule has 5 rings (SSSR count). The molecule has 0 bridgehead atoms. The van der Waals surface area contributed by atoms with Crippen molar-refractivity contribution in [3.63, 3.8) is 0 Å². The lowest BCUT2D eigenvalue weighted by Gasteiger charge is -2.24. The molecule has 0 aliphatic carbocycles. The molecule has 2 heterocycles. The van der Waals surface area contributed by atoms with Gasteiger partial charge in [0.05, 0.1) is 18.2 Å². The number of aromatic nitrogens is 2. The van der Waals surface area contributed by atoms with Crippen LogP contribution in [-0.4, -0.2) is 33.6 Å². The fraction of sp³-hybridized carbons (Fsp3) is 0.212. The minimum Gasteiger partial charge on any atom is -0.503 e. The first-order chi connectivity index (χ1) is 21.0. The molecule has 3 aromatic carbocycles. The maximum absolute atomic E-state index is 13.5. The Balaban J connectivity index is 1.43. The molecule has 43 heavy (non-hydrogen) atoms. The summed E-state index contributed by atoms with van der Waals surface area (Å²) in [6.45, 7) is 2.74. The first kappa shape index (κ1) is 30.5. The number of thioether (sulfide) groups is 1. The molecule has 1 unspecified atom stereocenters. The van der Waals surface area contributed by atoms with Gasteiger partial charge in [-0.2, -0.15) is 0 Å². The van der Waals surface area contributed by atoms with E-state index in [1.54, 1.807) is 18.2 Å². The van der Waals surface area contributed by atoms with E-state index in [0.29, 0.717) is 33.0 Å². The van der Waals surface area contributed by atoms with Crippen LogP contribution in [0.5, 0.6) is 5.75 Å². The number of amides is 1. The summed E-state index contributed by atoms with van der Waals surface area (Å²) in [4.78, 5) is 28.4. The summed E-state index contributed by atoms with van der Waals surface area (Å²) < 4.78 is 6.49. The Hall–Kier alpha value is -3.92. The number of carbonyl (C=O) groups is 2. The summed E-state index contributed by atoms with van der Waals surface area (Å²) in [5, 5.41) is 20.5. The van der Waals surface area contributed by atoms with E-state index in [4.69, 9.17) is 16.3 Å². The number of nitrogens with zero attached hydrogens (tertiary/aromatic N) is 3. The number of rotatable bonds is 13. The first-order valence-corrected chi connectivity index (χ1v) is 16.1. The molecule has 1 aliphatic heterocycles. The van der Waals surface area contributed by atoms with Crippen LogP contribution in [-0.2, 0) is 15.3 Å². The van der Waals surface area contributed by atoms with Crippen LogP contribution < -0.4 is 9.64 Å².